The van der Waals surface area contributed by atoms with Gasteiger partial charge in [-0.05, 0) is 43.7 Å². The number of fused-ring (bicyclic) bond motifs is 1. The van der Waals surface area contributed by atoms with E-state index in [0.29, 0.717) is 17.6 Å². The van der Waals surface area contributed by atoms with Crippen molar-refractivity contribution in [2.24, 2.45) is 4.99 Å². The Labute approximate surface area is 162 Å². The maximum absolute atomic E-state index is 12.7. The van der Waals surface area contributed by atoms with Crippen molar-refractivity contribution < 1.29 is 4.74 Å². The molecule has 0 amide bonds. The van der Waals surface area contributed by atoms with E-state index in [1.807, 2.05) is 55.5 Å². The third kappa shape index (κ3) is 3.46. The summed E-state index contributed by atoms with van der Waals surface area (Å²) in [4.78, 5) is 21.9. The van der Waals surface area contributed by atoms with E-state index in [4.69, 9.17) is 9.73 Å². The SMILES string of the molecule is COc1ccc(NC2=N[C@H](c3cccc(C)c3)n3c(nc(C)cc3=O)N2)cc1. The summed E-state index contributed by atoms with van der Waals surface area (Å²) in [5.74, 6) is 1.76. The van der Waals surface area contributed by atoms with Crippen LogP contribution in [0.3, 0.4) is 0 Å². The van der Waals surface area contributed by atoms with Gasteiger partial charge in [0.2, 0.25) is 11.9 Å². The van der Waals surface area contributed by atoms with Crippen LogP contribution in [0.5, 0.6) is 5.75 Å². The fourth-order valence-electron chi connectivity index (χ4n) is 3.18. The van der Waals surface area contributed by atoms with Crippen molar-refractivity contribution in [3.05, 3.63) is 81.8 Å². The van der Waals surface area contributed by atoms with Crippen LogP contribution in [0.25, 0.3) is 0 Å². The van der Waals surface area contributed by atoms with Crippen LogP contribution in [0.2, 0.25) is 0 Å². The number of guanidine groups is 1. The monoisotopic (exact) mass is 375 g/mol. The Bertz CT molecular complexity index is 1100. The molecule has 0 radical (unpaired) electrons. The summed E-state index contributed by atoms with van der Waals surface area (Å²) in [5, 5.41) is 6.38. The van der Waals surface area contributed by atoms with E-state index in [1.165, 1.54) is 6.07 Å². The van der Waals surface area contributed by atoms with Gasteiger partial charge in [0.25, 0.3) is 5.56 Å². The number of aryl methyl sites for hydroxylation is 2. The molecule has 0 fully saturated rings. The van der Waals surface area contributed by atoms with E-state index in [0.717, 1.165) is 22.6 Å². The molecule has 0 unspecified atom stereocenters. The van der Waals surface area contributed by atoms with E-state index in [1.54, 1.807) is 18.6 Å². The van der Waals surface area contributed by atoms with Crippen LogP contribution in [-0.2, 0) is 0 Å². The van der Waals surface area contributed by atoms with Crippen molar-refractivity contribution in [2.45, 2.75) is 20.0 Å². The van der Waals surface area contributed by atoms with Crippen LogP contribution in [0.15, 0.2) is 64.4 Å². The van der Waals surface area contributed by atoms with Gasteiger partial charge in [-0.1, -0.05) is 29.8 Å². The van der Waals surface area contributed by atoms with Gasteiger partial charge in [-0.15, -0.1) is 0 Å². The largest absolute Gasteiger partial charge is 0.497 e. The fourth-order valence-corrected chi connectivity index (χ4v) is 3.18. The quantitative estimate of drug-likeness (QED) is 0.734. The molecule has 3 aromatic rings. The minimum absolute atomic E-state index is 0.145. The average molecular weight is 375 g/mol. The topological polar surface area (TPSA) is 80.5 Å². The summed E-state index contributed by atoms with van der Waals surface area (Å²) in [6.07, 6.45) is -0.502. The lowest BCUT2D eigenvalue weighted by atomic mass is 10.1. The number of aliphatic imine (C=N–C) groups is 1. The molecule has 2 N–H and O–H groups in total. The van der Waals surface area contributed by atoms with Crippen LogP contribution < -0.4 is 20.9 Å². The van der Waals surface area contributed by atoms with Crippen molar-refractivity contribution in [1.82, 2.24) is 9.55 Å². The molecule has 0 saturated carbocycles. The van der Waals surface area contributed by atoms with E-state index in [9.17, 15) is 4.79 Å². The van der Waals surface area contributed by atoms with Crippen molar-refractivity contribution in [3.63, 3.8) is 0 Å². The summed E-state index contributed by atoms with van der Waals surface area (Å²) in [6, 6.07) is 17.0. The molecule has 1 aliphatic rings. The number of nitrogens with zero attached hydrogens (tertiary/aromatic N) is 3. The first-order valence-corrected chi connectivity index (χ1v) is 8.96. The molecule has 2 heterocycles. The van der Waals surface area contributed by atoms with E-state index in [-0.39, 0.29) is 5.56 Å². The maximum Gasteiger partial charge on any atom is 0.257 e. The van der Waals surface area contributed by atoms with Gasteiger partial charge in [0, 0.05) is 17.4 Å². The first-order valence-electron chi connectivity index (χ1n) is 8.96. The van der Waals surface area contributed by atoms with Crippen molar-refractivity contribution in [3.8, 4) is 5.75 Å². The second-order valence-corrected chi connectivity index (χ2v) is 6.67. The Kier molecular flexibility index (Phi) is 4.57. The average Bonchev–Trinajstić information content (AvgIpc) is 2.67. The van der Waals surface area contributed by atoms with Crippen molar-refractivity contribution >= 4 is 17.6 Å². The highest BCUT2D eigenvalue weighted by molar-refractivity contribution is 6.03. The molecule has 1 aliphatic heterocycles. The molecule has 142 valence electrons. The third-order valence-electron chi connectivity index (χ3n) is 4.50. The van der Waals surface area contributed by atoms with Gasteiger partial charge < -0.3 is 10.1 Å². The molecule has 0 saturated heterocycles. The van der Waals surface area contributed by atoms with Gasteiger partial charge in [-0.25, -0.2) is 9.98 Å². The van der Waals surface area contributed by atoms with Crippen LogP contribution >= 0.6 is 0 Å². The molecular formula is C21H21N5O2. The van der Waals surface area contributed by atoms with Crippen LogP contribution in [0.4, 0.5) is 11.6 Å². The van der Waals surface area contributed by atoms with Gasteiger partial charge in [-0.2, -0.15) is 0 Å². The Morgan fingerprint density at radius 2 is 1.89 bits per heavy atom. The minimum Gasteiger partial charge on any atom is -0.497 e. The Morgan fingerprint density at radius 1 is 1.11 bits per heavy atom. The number of rotatable bonds is 3. The van der Waals surface area contributed by atoms with Crippen molar-refractivity contribution in [2.75, 3.05) is 17.7 Å². The zero-order valence-corrected chi connectivity index (χ0v) is 15.9. The standard InChI is InChI=1S/C21H21N5O2/c1-13-5-4-6-15(11-13)19-24-20(23-16-7-9-17(28-3)10-8-16)25-21-22-14(2)12-18(27)26(19)21/h4-12,19H,1-3H3,(H2,22,23,24,25)/t19-/m0/s1. The van der Waals surface area contributed by atoms with Gasteiger partial charge in [0.15, 0.2) is 6.17 Å². The van der Waals surface area contributed by atoms with Crippen molar-refractivity contribution in [1.29, 1.82) is 0 Å². The second-order valence-electron chi connectivity index (χ2n) is 6.67. The second kappa shape index (κ2) is 7.19. The molecule has 1 aromatic heterocycles. The number of ether oxygens (including phenoxy) is 1. The fraction of sp³-hybridized carbons (Fsp3) is 0.190. The summed E-state index contributed by atoms with van der Waals surface area (Å²) >= 11 is 0. The molecule has 7 nitrogen and oxygen atoms in total. The summed E-state index contributed by atoms with van der Waals surface area (Å²) in [7, 11) is 1.63. The summed E-state index contributed by atoms with van der Waals surface area (Å²) in [6.45, 7) is 3.82. The highest BCUT2D eigenvalue weighted by atomic mass is 16.5. The zero-order valence-electron chi connectivity index (χ0n) is 15.9. The van der Waals surface area contributed by atoms with Gasteiger partial charge >= 0.3 is 0 Å². The lowest BCUT2D eigenvalue weighted by Gasteiger charge is -2.27. The molecule has 7 heteroatoms. The molecule has 0 aliphatic carbocycles. The highest BCUT2D eigenvalue weighted by Crippen LogP contribution is 2.26. The normalized spacial score (nSPS) is 15.2. The number of nitrogens with one attached hydrogen (secondary N) is 2. The summed E-state index contributed by atoms with van der Waals surface area (Å²) in [5.41, 5.74) is 3.37. The number of anilines is 2. The first kappa shape index (κ1) is 17.8. The summed E-state index contributed by atoms with van der Waals surface area (Å²) < 4.78 is 6.77. The van der Waals surface area contributed by atoms with Crippen LogP contribution in [-0.4, -0.2) is 22.6 Å². The maximum atomic E-state index is 12.7. The van der Waals surface area contributed by atoms with E-state index < -0.39 is 6.17 Å². The molecule has 0 spiro atoms. The van der Waals surface area contributed by atoms with Gasteiger partial charge in [0.1, 0.15) is 5.75 Å². The zero-order chi connectivity index (χ0) is 19.7. The number of benzene rings is 2. The molecule has 28 heavy (non-hydrogen) atoms. The smallest absolute Gasteiger partial charge is 0.257 e. The third-order valence-corrected chi connectivity index (χ3v) is 4.50. The number of aromatic nitrogens is 2. The molecular weight excluding hydrogens is 354 g/mol. The Hall–Kier alpha value is -3.61. The van der Waals surface area contributed by atoms with Gasteiger partial charge in [0.05, 0.1) is 7.11 Å². The van der Waals surface area contributed by atoms with Crippen LogP contribution in [0, 0.1) is 13.8 Å². The lowest BCUT2D eigenvalue weighted by molar-refractivity contribution is 0.415. The predicted octanol–water partition coefficient (Wildman–Crippen LogP) is 3.31. The molecule has 4 rings (SSSR count). The number of hydrogen-bond donors (Lipinski definition) is 2. The predicted molar refractivity (Wildman–Crippen MR) is 110 cm³/mol. The lowest BCUT2D eigenvalue weighted by Crippen LogP contribution is -2.37. The molecule has 1 atom stereocenters. The van der Waals surface area contributed by atoms with E-state index in [2.05, 4.69) is 15.6 Å². The van der Waals surface area contributed by atoms with Gasteiger partial charge in [-0.3, -0.25) is 14.7 Å². The first-order chi connectivity index (χ1) is 13.5. The molecule has 0 bridgehead atoms. The minimum atomic E-state index is -0.502. The Balaban J connectivity index is 1.76. The molecule has 2 aromatic carbocycles. The highest BCUT2D eigenvalue weighted by Gasteiger charge is 2.25. The number of methoxy groups -OCH3 is 1. The number of hydrogen-bond acceptors (Lipinski definition) is 6. The van der Waals surface area contributed by atoms with Crippen LogP contribution in [0.1, 0.15) is 23.0 Å². The van der Waals surface area contributed by atoms with E-state index >= 15 is 0 Å². The Morgan fingerprint density at radius 3 is 2.61 bits per heavy atom.